The molecule has 2 fully saturated rings. The number of aromatic nitrogens is 1. The van der Waals surface area contributed by atoms with Crippen LogP contribution in [0.15, 0.2) is 46.9 Å². The summed E-state index contributed by atoms with van der Waals surface area (Å²) in [7, 11) is 1.34. The van der Waals surface area contributed by atoms with Gasteiger partial charge in [-0.3, -0.25) is 43.5 Å². The van der Waals surface area contributed by atoms with Gasteiger partial charge < -0.3 is 41.1 Å². The Labute approximate surface area is 399 Å². The summed E-state index contributed by atoms with van der Waals surface area (Å²) in [4.78, 5) is 112. The molecular formula is C48H72N10O8S. The highest BCUT2D eigenvalue weighted by Gasteiger charge is 2.44. The number of piperazine rings is 1. The molecule has 0 aliphatic carbocycles. The number of rotatable bonds is 13. The average Bonchev–Trinajstić information content (AvgIpc) is 3.96. The van der Waals surface area contributed by atoms with Gasteiger partial charge in [0.15, 0.2) is 0 Å². The highest BCUT2D eigenvalue weighted by atomic mass is 32.1. The molecule has 3 aliphatic heterocycles. The lowest BCUT2D eigenvalue weighted by atomic mass is 9.82. The van der Waals surface area contributed by atoms with Gasteiger partial charge in [-0.2, -0.15) is 0 Å². The van der Waals surface area contributed by atoms with Crippen LogP contribution in [0.25, 0.3) is 0 Å². The summed E-state index contributed by atoms with van der Waals surface area (Å²) in [6, 6.07) is 3.76. The quantitative estimate of drug-likeness (QED) is 0.184. The van der Waals surface area contributed by atoms with Crippen molar-refractivity contribution in [2.45, 2.75) is 124 Å². The van der Waals surface area contributed by atoms with Gasteiger partial charge in [0, 0.05) is 50.2 Å². The van der Waals surface area contributed by atoms with E-state index in [0.717, 1.165) is 5.56 Å². The number of nitrogens with zero attached hydrogens (tertiary/aromatic N) is 5. The summed E-state index contributed by atoms with van der Waals surface area (Å²) >= 11 is 1.30. The average molecular weight is 949 g/mol. The van der Waals surface area contributed by atoms with Gasteiger partial charge in [-0.25, -0.2) is 4.98 Å². The molecule has 2 saturated heterocycles. The van der Waals surface area contributed by atoms with Crippen LogP contribution in [0.2, 0.25) is 0 Å². The molecule has 0 spiro atoms. The lowest BCUT2D eigenvalue weighted by Crippen LogP contribution is -2.65. The number of methoxy groups -OCH3 is 1. The lowest BCUT2D eigenvalue weighted by Gasteiger charge is -2.39. The monoisotopic (exact) mass is 949 g/mol. The maximum Gasteiger partial charge on any atom is 0.319 e. The van der Waals surface area contributed by atoms with E-state index in [1.165, 1.54) is 23.3 Å². The number of fused-ring (bicyclic) bond motifs is 1. The molecule has 0 radical (unpaired) electrons. The second kappa shape index (κ2) is 22.6. The number of aliphatic imine (C=N–C) groups is 1. The first-order chi connectivity index (χ1) is 31.5. The zero-order chi connectivity index (χ0) is 49.4. The molecule has 6 amide bonds. The smallest absolute Gasteiger partial charge is 0.319 e. The summed E-state index contributed by atoms with van der Waals surface area (Å²) in [5.74, 6) is -3.57. The van der Waals surface area contributed by atoms with E-state index in [1.807, 2.05) is 104 Å². The Bertz CT molecular complexity index is 2100. The summed E-state index contributed by atoms with van der Waals surface area (Å²) in [6.07, 6.45) is 2.14. The third kappa shape index (κ3) is 13.6. The molecule has 3 unspecified atom stereocenters. The van der Waals surface area contributed by atoms with Crippen LogP contribution in [0.5, 0.6) is 0 Å². The molecule has 1 aromatic carbocycles. The molecule has 368 valence electrons. The number of carbonyl (C=O) groups excluding carboxylic acids is 7. The first-order valence-electron chi connectivity index (χ1n) is 23.3. The Morgan fingerprint density at radius 2 is 1.57 bits per heavy atom. The van der Waals surface area contributed by atoms with Crippen molar-refractivity contribution in [1.82, 2.24) is 46.3 Å². The number of carbonyl (C=O) groups is 7. The van der Waals surface area contributed by atoms with Crippen molar-refractivity contribution in [2.75, 3.05) is 52.9 Å². The standard InChI is InChI=1S/C48H72N10O8S/c1-28(2)36-42(62)55-39(47(5,6)7)41(50-26-34(60)58-19-17-29(3)38(58)44(64)52-36)54-40(48(8,9)10)45(65)53-37(30(4)31-15-13-12-14-16-31)43(63)51-32(46-49-18-24-67-46)25-33(59)57-22-20-56(21-23-57)27-35(61)66-11/h12-16,18,24,28-30,32,36-40H,17,19-23,25-27H2,1-11H3,(H,50,54)(H,51,63)(H,52,64)(H,53,65)(H,55,62)/t29-,30+,32-,36+,37?,38+,39?,40?/m1/s1. The Balaban J connectivity index is 1.46. The molecule has 19 heteroatoms. The van der Waals surface area contributed by atoms with Gasteiger partial charge in [-0.1, -0.05) is 99.6 Å². The minimum absolute atomic E-state index is 0.0836. The normalized spacial score (nSPS) is 23.0. The van der Waals surface area contributed by atoms with Gasteiger partial charge in [0.25, 0.3) is 0 Å². The molecule has 18 nitrogen and oxygen atoms in total. The van der Waals surface area contributed by atoms with Gasteiger partial charge in [-0.05, 0) is 34.7 Å². The van der Waals surface area contributed by atoms with E-state index in [4.69, 9.17) is 9.73 Å². The minimum Gasteiger partial charge on any atom is -0.468 e. The molecule has 0 bridgehead atoms. The molecule has 8 atom stereocenters. The van der Waals surface area contributed by atoms with Crippen LogP contribution in [0.1, 0.15) is 105 Å². The second-order valence-electron chi connectivity index (χ2n) is 20.5. The van der Waals surface area contributed by atoms with Crippen LogP contribution in [-0.4, -0.2) is 150 Å². The van der Waals surface area contributed by atoms with Crippen LogP contribution in [0.4, 0.5) is 0 Å². The Morgan fingerprint density at radius 3 is 2.15 bits per heavy atom. The Kier molecular flexibility index (Phi) is 17.7. The summed E-state index contributed by atoms with van der Waals surface area (Å²) in [5, 5.41) is 17.9. The molecule has 5 rings (SSSR count). The van der Waals surface area contributed by atoms with E-state index in [2.05, 4.69) is 31.6 Å². The van der Waals surface area contributed by atoms with Crippen molar-refractivity contribution >= 4 is 58.6 Å². The van der Waals surface area contributed by atoms with E-state index in [9.17, 15) is 28.8 Å². The molecular weight excluding hydrogens is 877 g/mol. The number of amidine groups is 1. The van der Waals surface area contributed by atoms with Gasteiger partial charge in [0.1, 0.15) is 41.6 Å². The molecule has 4 heterocycles. The van der Waals surface area contributed by atoms with Crippen molar-refractivity contribution in [3.8, 4) is 0 Å². The van der Waals surface area contributed by atoms with Crippen molar-refractivity contribution in [3.05, 3.63) is 52.5 Å². The number of nitrogens with one attached hydrogen (secondary N) is 5. The molecule has 1 aromatic heterocycles. The highest BCUT2D eigenvalue weighted by molar-refractivity contribution is 7.09. The van der Waals surface area contributed by atoms with Gasteiger partial charge in [0.2, 0.25) is 35.4 Å². The molecule has 67 heavy (non-hydrogen) atoms. The summed E-state index contributed by atoms with van der Waals surface area (Å²) in [5.41, 5.74) is -0.758. The van der Waals surface area contributed by atoms with E-state index >= 15 is 4.79 Å². The number of esters is 1. The number of ether oxygens (including phenoxy) is 1. The Morgan fingerprint density at radius 1 is 0.896 bits per heavy atom. The zero-order valence-electron chi connectivity index (χ0n) is 41.0. The SMILES string of the molecule is COC(=O)CN1CCN(C(=O)C[C@@H](NC(=O)C(NC(=O)C(NC2=NCC(=O)N3CC[C@@H](C)[C@H]3C(=O)N[C@@H](C(C)C)C(=O)NC2C(C)(C)C)C(C)(C)C)[C@@H](C)c2ccccc2)c2nccs2)CC1. The van der Waals surface area contributed by atoms with Crippen LogP contribution in [0.3, 0.4) is 0 Å². The molecule has 5 N–H and O–H groups in total. The molecule has 2 aromatic rings. The van der Waals surface area contributed by atoms with E-state index in [1.54, 1.807) is 16.5 Å². The minimum atomic E-state index is -1.15. The van der Waals surface area contributed by atoms with Crippen molar-refractivity contribution in [1.29, 1.82) is 0 Å². The first-order valence-corrected chi connectivity index (χ1v) is 24.2. The fourth-order valence-corrected chi connectivity index (χ4v) is 9.48. The predicted octanol–water partition coefficient (Wildman–Crippen LogP) is 2.62. The first kappa shape index (κ1) is 52.5. The lowest BCUT2D eigenvalue weighted by molar-refractivity contribution is -0.143. The van der Waals surface area contributed by atoms with Crippen molar-refractivity contribution < 1.29 is 38.3 Å². The number of thiazole rings is 1. The topological polar surface area (TPSA) is 224 Å². The fourth-order valence-electron chi connectivity index (χ4n) is 8.79. The molecule has 3 aliphatic rings. The summed E-state index contributed by atoms with van der Waals surface area (Å²) in [6.45, 7) is 20.7. The van der Waals surface area contributed by atoms with Crippen LogP contribution in [0, 0.1) is 22.7 Å². The fraction of sp³-hybridized carbons (Fsp3) is 0.646. The van der Waals surface area contributed by atoms with E-state index in [0.29, 0.717) is 44.2 Å². The van der Waals surface area contributed by atoms with Gasteiger partial charge >= 0.3 is 5.97 Å². The Hall–Kier alpha value is -5.43. The number of hydrogen-bond donors (Lipinski definition) is 5. The van der Waals surface area contributed by atoms with Crippen molar-refractivity contribution in [3.63, 3.8) is 0 Å². The maximum absolute atomic E-state index is 15.0. The second-order valence-corrected chi connectivity index (χ2v) is 21.5. The van der Waals surface area contributed by atoms with Crippen LogP contribution in [-0.2, 0) is 38.3 Å². The highest BCUT2D eigenvalue weighted by Crippen LogP contribution is 2.29. The van der Waals surface area contributed by atoms with Crippen molar-refractivity contribution in [2.24, 2.45) is 27.7 Å². The molecule has 0 saturated carbocycles. The van der Waals surface area contributed by atoms with E-state index < -0.39 is 70.7 Å². The number of amides is 6. The van der Waals surface area contributed by atoms with Gasteiger partial charge in [-0.15, -0.1) is 11.3 Å². The van der Waals surface area contributed by atoms with Crippen LogP contribution >= 0.6 is 11.3 Å². The van der Waals surface area contributed by atoms with Crippen LogP contribution < -0.4 is 26.6 Å². The zero-order valence-corrected chi connectivity index (χ0v) is 41.8. The predicted molar refractivity (Wildman–Crippen MR) is 256 cm³/mol. The number of benzene rings is 1. The third-order valence-electron chi connectivity index (χ3n) is 12.9. The summed E-state index contributed by atoms with van der Waals surface area (Å²) < 4.78 is 4.80. The van der Waals surface area contributed by atoms with Gasteiger partial charge in [0.05, 0.1) is 32.2 Å². The van der Waals surface area contributed by atoms with E-state index in [-0.39, 0.29) is 60.9 Å². The number of hydrogen-bond acceptors (Lipinski definition) is 13. The third-order valence-corrected chi connectivity index (χ3v) is 13.8. The largest absolute Gasteiger partial charge is 0.468 e. The maximum atomic E-state index is 15.0.